The predicted molar refractivity (Wildman–Crippen MR) is 92.9 cm³/mol. The van der Waals surface area contributed by atoms with Crippen molar-refractivity contribution in [3.05, 3.63) is 30.3 Å². The monoisotopic (exact) mass is 373 g/mol. The number of hydrogen-bond acceptors (Lipinski definition) is 8. The van der Waals surface area contributed by atoms with E-state index in [1.54, 1.807) is 30.6 Å². The summed E-state index contributed by atoms with van der Waals surface area (Å²) in [6.45, 7) is 5.08. The van der Waals surface area contributed by atoms with Gasteiger partial charge in [0.15, 0.2) is 0 Å². The van der Waals surface area contributed by atoms with E-state index in [2.05, 4.69) is 0 Å². The van der Waals surface area contributed by atoms with E-state index in [9.17, 15) is 30.3 Å². The lowest BCUT2D eigenvalue weighted by atomic mass is 9.82. The molecule has 3 saturated heterocycles. The highest BCUT2D eigenvalue weighted by atomic mass is 16.6. The molecule has 3 rings (SSSR count). The number of nitrogens with zero attached hydrogens (tertiary/aromatic N) is 5. The maximum Gasteiger partial charge on any atom is 0.246 e. The fourth-order valence-electron chi connectivity index (χ4n) is 4.39. The van der Waals surface area contributed by atoms with Gasteiger partial charge in [0.2, 0.25) is 16.6 Å². The van der Waals surface area contributed by atoms with Crippen molar-refractivity contribution in [2.24, 2.45) is 0 Å². The molecule has 0 saturated carbocycles. The predicted octanol–water partition coefficient (Wildman–Crippen LogP) is 0.894. The molecule has 11 heteroatoms. The van der Waals surface area contributed by atoms with E-state index in [1.807, 2.05) is 0 Å². The van der Waals surface area contributed by atoms with Crippen molar-refractivity contribution in [3.8, 4) is 0 Å². The zero-order valence-electron chi connectivity index (χ0n) is 15.5. The summed E-state index contributed by atoms with van der Waals surface area (Å²) in [5.41, 5.74) is -3.81. The summed E-state index contributed by atoms with van der Waals surface area (Å²) < 4.78 is 0. The van der Waals surface area contributed by atoms with Gasteiger partial charge >= 0.3 is 0 Å². The number of hydrogen-bond donors (Lipinski definition) is 0. The second-order valence-corrected chi connectivity index (χ2v) is 7.80. The van der Waals surface area contributed by atoms with Crippen molar-refractivity contribution < 1.29 is 14.8 Å². The Labute approximate surface area is 151 Å². The molecule has 2 bridgehead atoms. The summed E-state index contributed by atoms with van der Waals surface area (Å²) >= 11 is 0. The molecule has 26 heavy (non-hydrogen) atoms. The second kappa shape index (κ2) is 7.03. The minimum atomic E-state index is -1.27. The number of rotatable bonds is 6. The minimum Gasteiger partial charge on any atom is -0.282 e. The molecule has 0 aromatic rings. The standard InChI is InChI=1S/C15H27N5O6/c1-4-13(18(21)22)7-16-9-14(5-2,19(23)24)10-17(8-13)12-15(6-3,11-16)20(25)26/h4-12H2,1-3H3. The maximum absolute atomic E-state index is 11.8. The fraction of sp³-hybridized carbons (Fsp3) is 1.00. The molecular formula is C15H27N5O6. The lowest BCUT2D eigenvalue weighted by Gasteiger charge is -2.47. The van der Waals surface area contributed by atoms with E-state index in [1.165, 1.54) is 0 Å². The van der Waals surface area contributed by atoms with Crippen molar-refractivity contribution in [2.45, 2.75) is 56.7 Å². The van der Waals surface area contributed by atoms with Crippen LogP contribution in [0.25, 0.3) is 0 Å². The highest BCUT2D eigenvalue weighted by Crippen LogP contribution is 2.34. The van der Waals surface area contributed by atoms with Gasteiger partial charge in [-0.15, -0.1) is 0 Å². The van der Waals surface area contributed by atoms with Crippen LogP contribution in [0.5, 0.6) is 0 Å². The summed E-state index contributed by atoms with van der Waals surface area (Å²) in [6.07, 6.45) is 0.798. The molecule has 0 radical (unpaired) electrons. The van der Waals surface area contributed by atoms with Crippen LogP contribution in [0, 0.1) is 30.3 Å². The molecule has 0 unspecified atom stereocenters. The van der Waals surface area contributed by atoms with Gasteiger partial charge in [0.05, 0.1) is 39.3 Å². The summed E-state index contributed by atoms with van der Waals surface area (Å²) in [5, 5.41) is 35.5. The van der Waals surface area contributed by atoms with Gasteiger partial charge in [0, 0.05) is 34.0 Å². The Hall–Kier alpha value is -1.88. The van der Waals surface area contributed by atoms with E-state index in [0.717, 1.165) is 0 Å². The van der Waals surface area contributed by atoms with Gasteiger partial charge in [0.1, 0.15) is 0 Å². The SMILES string of the molecule is CCC1([N+](=O)[O-])CN2CC(CC)([N+](=O)[O-])CN(C1)CC(CC)([N+](=O)[O-])C2. The van der Waals surface area contributed by atoms with Gasteiger partial charge in [-0.25, -0.2) is 0 Å². The van der Waals surface area contributed by atoms with Crippen LogP contribution in [0.4, 0.5) is 0 Å². The molecule has 0 aliphatic carbocycles. The Morgan fingerprint density at radius 3 is 0.923 bits per heavy atom. The average molecular weight is 373 g/mol. The normalized spacial score (nSPS) is 40.3. The molecule has 0 atom stereocenters. The van der Waals surface area contributed by atoms with E-state index in [0.29, 0.717) is 0 Å². The molecule has 0 N–H and O–H groups in total. The van der Waals surface area contributed by atoms with Crippen LogP contribution in [0.1, 0.15) is 40.0 Å². The Kier molecular flexibility index (Phi) is 5.52. The molecule has 0 aromatic heterocycles. The second-order valence-electron chi connectivity index (χ2n) is 7.80. The van der Waals surface area contributed by atoms with Gasteiger partial charge < -0.3 is 0 Å². The van der Waals surface area contributed by atoms with Crippen LogP contribution in [-0.2, 0) is 0 Å². The Morgan fingerprint density at radius 2 is 0.808 bits per heavy atom. The van der Waals surface area contributed by atoms with Crippen molar-refractivity contribution >= 4 is 0 Å². The first-order valence-corrected chi connectivity index (χ1v) is 8.97. The average Bonchev–Trinajstić information content (AvgIpc) is 2.53. The first-order valence-electron chi connectivity index (χ1n) is 8.97. The Morgan fingerprint density at radius 1 is 0.615 bits per heavy atom. The maximum atomic E-state index is 11.8. The molecule has 0 aromatic carbocycles. The molecule has 3 heterocycles. The van der Waals surface area contributed by atoms with Crippen LogP contribution in [0.3, 0.4) is 0 Å². The summed E-state index contributed by atoms with van der Waals surface area (Å²) in [5.74, 6) is 0. The number of nitro groups is 3. The van der Waals surface area contributed by atoms with E-state index < -0.39 is 16.6 Å². The van der Waals surface area contributed by atoms with Crippen LogP contribution in [0.2, 0.25) is 0 Å². The van der Waals surface area contributed by atoms with Crippen LogP contribution in [-0.4, -0.2) is 80.5 Å². The molecule has 3 fully saturated rings. The number of fused-ring (bicyclic) bond motifs is 6. The van der Waals surface area contributed by atoms with Gasteiger partial charge in [0.25, 0.3) is 0 Å². The Balaban J connectivity index is 2.55. The highest BCUT2D eigenvalue weighted by molar-refractivity contribution is 5.02. The molecule has 0 spiro atoms. The smallest absolute Gasteiger partial charge is 0.246 e. The molecule has 3 aliphatic heterocycles. The van der Waals surface area contributed by atoms with Gasteiger partial charge in [-0.05, 0) is 0 Å². The minimum absolute atomic E-state index is 0.0157. The van der Waals surface area contributed by atoms with Crippen molar-refractivity contribution in [2.75, 3.05) is 39.3 Å². The largest absolute Gasteiger partial charge is 0.282 e. The third kappa shape index (κ3) is 3.25. The van der Waals surface area contributed by atoms with Gasteiger partial charge in [-0.1, -0.05) is 20.8 Å². The fourth-order valence-corrected chi connectivity index (χ4v) is 4.39. The van der Waals surface area contributed by atoms with E-state index in [-0.39, 0.29) is 73.3 Å². The third-order valence-electron chi connectivity index (χ3n) is 6.24. The third-order valence-corrected chi connectivity index (χ3v) is 6.24. The Bertz CT molecular complexity index is 498. The molecule has 11 nitrogen and oxygen atoms in total. The van der Waals surface area contributed by atoms with Gasteiger partial charge in [-0.3, -0.25) is 40.1 Å². The van der Waals surface area contributed by atoms with Crippen LogP contribution in [0.15, 0.2) is 0 Å². The topological polar surface area (TPSA) is 136 Å². The molecular weight excluding hydrogens is 346 g/mol. The summed E-state index contributed by atoms with van der Waals surface area (Å²) in [7, 11) is 0. The van der Waals surface area contributed by atoms with Crippen LogP contribution >= 0.6 is 0 Å². The first-order chi connectivity index (χ1) is 12.1. The zero-order chi connectivity index (χ0) is 19.8. The zero-order valence-corrected chi connectivity index (χ0v) is 15.5. The van der Waals surface area contributed by atoms with E-state index >= 15 is 0 Å². The van der Waals surface area contributed by atoms with Gasteiger partial charge in [-0.2, -0.15) is 0 Å². The van der Waals surface area contributed by atoms with Crippen LogP contribution < -0.4 is 0 Å². The quantitative estimate of drug-likeness (QED) is 0.494. The molecule has 0 amide bonds. The summed E-state index contributed by atoms with van der Waals surface area (Å²) in [4.78, 5) is 37.7. The van der Waals surface area contributed by atoms with Crippen molar-refractivity contribution in [1.82, 2.24) is 9.80 Å². The lowest BCUT2D eigenvalue weighted by molar-refractivity contribution is -0.606. The summed E-state index contributed by atoms with van der Waals surface area (Å²) in [6, 6.07) is 0. The van der Waals surface area contributed by atoms with E-state index in [4.69, 9.17) is 0 Å². The lowest BCUT2D eigenvalue weighted by Crippen LogP contribution is -2.72. The molecule has 3 aliphatic rings. The van der Waals surface area contributed by atoms with Crippen molar-refractivity contribution in [3.63, 3.8) is 0 Å². The molecule has 148 valence electrons. The highest BCUT2D eigenvalue weighted by Gasteiger charge is 2.59. The first kappa shape index (κ1) is 20.4. The van der Waals surface area contributed by atoms with Crippen molar-refractivity contribution in [1.29, 1.82) is 0 Å².